The van der Waals surface area contributed by atoms with E-state index in [4.69, 9.17) is 12.2 Å². The third-order valence-electron chi connectivity index (χ3n) is 3.62. The Bertz CT molecular complexity index is 650. The molecule has 0 aromatic carbocycles. The van der Waals surface area contributed by atoms with Gasteiger partial charge in [0.1, 0.15) is 11.8 Å². The van der Waals surface area contributed by atoms with Crippen LogP contribution in [0.5, 0.6) is 0 Å². The fourth-order valence-corrected chi connectivity index (χ4v) is 5.31. The lowest BCUT2D eigenvalue weighted by Gasteiger charge is -2.22. The van der Waals surface area contributed by atoms with Crippen LogP contribution in [-0.2, 0) is 16.5 Å². The molecular weight excluding hydrogens is 328 g/mol. The Balaban J connectivity index is 2.07. The van der Waals surface area contributed by atoms with Crippen LogP contribution >= 0.6 is 23.6 Å². The molecule has 0 bridgehead atoms. The fourth-order valence-electron chi connectivity index (χ4n) is 2.48. The van der Waals surface area contributed by atoms with Gasteiger partial charge in [0.05, 0.1) is 12.3 Å². The van der Waals surface area contributed by atoms with Gasteiger partial charge in [-0.15, -0.1) is 11.7 Å². The Kier molecular flexibility index (Phi) is 5.53. The highest BCUT2D eigenvalue weighted by Crippen LogP contribution is 2.13. The highest BCUT2D eigenvalue weighted by Gasteiger charge is 2.35. The summed E-state index contributed by atoms with van der Waals surface area (Å²) in [6.07, 6.45) is 2.49. The number of nitrogens with one attached hydrogen (secondary N) is 2. The number of anilines is 1. The van der Waals surface area contributed by atoms with Crippen molar-refractivity contribution >= 4 is 38.5 Å². The molecule has 1 unspecified atom stereocenters. The van der Waals surface area contributed by atoms with E-state index in [1.54, 1.807) is 10.8 Å². The SMILES string of the molecule is C=CCNc1nn(C[NH+](CC)[C@H]2CCS(=O)(=O)C2)c(=S)s1. The molecule has 0 spiro atoms. The van der Waals surface area contributed by atoms with Crippen molar-refractivity contribution in [1.29, 1.82) is 0 Å². The van der Waals surface area contributed by atoms with Gasteiger partial charge < -0.3 is 10.2 Å². The first-order chi connectivity index (χ1) is 9.95. The number of nitrogens with zero attached hydrogens (tertiary/aromatic N) is 2. The van der Waals surface area contributed by atoms with Gasteiger partial charge in [-0.1, -0.05) is 17.4 Å². The van der Waals surface area contributed by atoms with Crippen molar-refractivity contribution < 1.29 is 13.3 Å². The second-order valence-corrected chi connectivity index (χ2v) is 8.96. The fraction of sp³-hybridized carbons (Fsp3) is 0.667. The molecule has 9 heteroatoms. The first kappa shape index (κ1) is 16.6. The summed E-state index contributed by atoms with van der Waals surface area (Å²) in [5, 5.41) is 8.34. The van der Waals surface area contributed by atoms with Crippen LogP contribution in [0.15, 0.2) is 12.7 Å². The van der Waals surface area contributed by atoms with Crippen LogP contribution < -0.4 is 10.2 Å². The minimum atomic E-state index is -2.86. The molecule has 6 nitrogen and oxygen atoms in total. The Labute approximate surface area is 134 Å². The summed E-state index contributed by atoms with van der Waals surface area (Å²) in [6, 6.07) is 0.146. The topological polar surface area (TPSA) is 68.4 Å². The molecule has 0 amide bonds. The summed E-state index contributed by atoms with van der Waals surface area (Å²) in [5.41, 5.74) is 0. The van der Waals surface area contributed by atoms with Crippen LogP contribution in [-0.4, -0.2) is 48.8 Å². The van der Waals surface area contributed by atoms with E-state index in [2.05, 4.69) is 23.9 Å². The smallest absolute Gasteiger partial charge is 0.205 e. The zero-order valence-corrected chi connectivity index (χ0v) is 14.5. The molecular formula is C12H21N4O2S3+. The number of sulfone groups is 1. The minimum Gasteiger partial charge on any atom is -0.357 e. The van der Waals surface area contributed by atoms with Gasteiger partial charge in [0, 0.05) is 13.0 Å². The molecule has 2 atom stereocenters. The van der Waals surface area contributed by atoms with Crippen molar-refractivity contribution in [2.75, 3.05) is 29.9 Å². The van der Waals surface area contributed by atoms with Gasteiger partial charge in [0.2, 0.25) is 5.13 Å². The largest absolute Gasteiger partial charge is 0.357 e. The Morgan fingerprint density at radius 3 is 3.00 bits per heavy atom. The van der Waals surface area contributed by atoms with Gasteiger partial charge in [0.25, 0.3) is 0 Å². The minimum absolute atomic E-state index is 0.146. The highest BCUT2D eigenvalue weighted by molar-refractivity contribution is 7.91. The standard InChI is InChI=1S/C12H20N4O2S3/c1-3-6-13-11-14-16(12(19)20-11)9-15(4-2)10-5-7-21(17,18)8-10/h3,10H,1,4-9H2,2H3,(H,13,14)/p+1/t10-/m0/s1. The summed E-state index contributed by atoms with van der Waals surface area (Å²) in [7, 11) is -2.86. The molecule has 2 rings (SSSR count). The van der Waals surface area contributed by atoms with Crippen molar-refractivity contribution in [3.05, 3.63) is 16.6 Å². The predicted octanol–water partition coefficient (Wildman–Crippen LogP) is 0.321. The van der Waals surface area contributed by atoms with Gasteiger partial charge in [-0.3, -0.25) is 0 Å². The van der Waals surface area contributed by atoms with Crippen molar-refractivity contribution in [3.63, 3.8) is 0 Å². The first-order valence-electron chi connectivity index (χ1n) is 6.93. The summed E-state index contributed by atoms with van der Waals surface area (Å²) < 4.78 is 25.7. The molecule has 118 valence electrons. The lowest BCUT2D eigenvalue weighted by Crippen LogP contribution is -3.15. The van der Waals surface area contributed by atoms with Crippen LogP contribution in [0.2, 0.25) is 0 Å². The zero-order valence-electron chi connectivity index (χ0n) is 12.0. The predicted molar refractivity (Wildman–Crippen MR) is 88.2 cm³/mol. The maximum absolute atomic E-state index is 11.6. The van der Waals surface area contributed by atoms with Crippen LogP contribution in [0.25, 0.3) is 0 Å². The maximum atomic E-state index is 11.6. The van der Waals surface area contributed by atoms with Crippen LogP contribution in [0.4, 0.5) is 5.13 Å². The van der Waals surface area contributed by atoms with E-state index in [1.165, 1.54) is 16.2 Å². The lowest BCUT2D eigenvalue weighted by atomic mass is 10.2. The third kappa shape index (κ3) is 4.35. The summed E-state index contributed by atoms with van der Waals surface area (Å²) in [4.78, 5) is 1.22. The quantitative estimate of drug-likeness (QED) is 0.548. The number of rotatable bonds is 7. The van der Waals surface area contributed by atoms with E-state index in [-0.39, 0.29) is 11.8 Å². The molecule has 1 aliphatic heterocycles. The van der Waals surface area contributed by atoms with E-state index in [9.17, 15) is 8.42 Å². The Morgan fingerprint density at radius 2 is 2.43 bits per heavy atom. The number of aromatic nitrogens is 2. The highest BCUT2D eigenvalue weighted by atomic mass is 32.2. The van der Waals surface area contributed by atoms with Crippen molar-refractivity contribution in [3.8, 4) is 0 Å². The molecule has 21 heavy (non-hydrogen) atoms. The van der Waals surface area contributed by atoms with Crippen molar-refractivity contribution in [2.45, 2.75) is 26.1 Å². The molecule has 0 radical (unpaired) electrons. The molecule has 1 aromatic heterocycles. The van der Waals surface area contributed by atoms with E-state index in [0.717, 1.165) is 18.1 Å². The van der Waals surface area contributed by atoms with E-state index in [0.29, 0.717) is 22.9 Å². The van der Waals surface area contributed by atoms with Crippen molar-refractivity contribution in [2.24, 2.45) is 0 Å². The number of hydrogen-bond donors (Lipinski definition) is 2. The Morgan fingerprint density at radius 1 is 1.67 bits per heavy atom. The molecule has 1 saturated heterocycles. The van der Waals surface area contributed by atoms with Gasteiger partial charge >= 0.3 is 0 Å². The summed E-state index contributed by atoms with van der Waals surface area (Å²) in [6.45, 7) is 7.83. The van der Waals surface area contributed by atoms with Gasteiger partial charge in [0.15, 0.2) is 20.5 Å². The molecule has 1 aliphatic rings. The molecule has 0 saturated carbocycles. The first-order valence-corrected chi connectivity index (χ1v) is 9.97. The van der Waals surface area contributed by atoms with Crippen molar-refractivity contribution in [1.82, 2.24) is 9.78 Å². The third-order valence-corrected chi connectivity index (χ3v) is 6.65. The second-order valence-electron chi connectivity index (χ2n) is 5.11. The molecule has 0 aliphatic carbocycles. The summed E-state index contributed by atoms with van der Waals surface area (Å²) >= 11 is 6.76. The monoisotopic (exact) mass is 349 g/mol. The average molecular weight is 350 g/mol. The normalized spacial score (nSPS) is 22.0. The van der Waals surface area contributed by atoms with Crippen LogP contribution in [0, 0.1) is 3.95 Å². The lowest BCUT2D eigenvalue weighted by molar-refractivity contribution is -0.943. The average Bonchev–Trinajstić information content (AvgIpc) is 2.96. The Hall–Kier alpha value is -0.770. The molecule has 1 aromatic rings. The number of quaternary nitrogens is 1. The van der Waals surface area contributed by atoms with Crippen LogP contribution in [0.1, 0.15) is 13.3 Å². The maximum Gasteiger partial charge on any atom is 0.205 e. The van der Waals surface area contributed by atoms with E-state index < -0.39 is 9.84 Å². The van der Waals surface area contributed by atoms with Crippen LogP contribution in [0.3, 0.4) is 0 Å². The summed E-state index contributed by atoms with van der Waals surface area (Å²) in [5.74, 6) is 0.574. The molecule has 2 heterocycles. The second kappa shape index (κ2) is 6.99. The van der Waals surface area contributed by atoms with Gasteiger partial charge in [-0.2, -0.15) is 4.68 Å². The van der Waals surface area contributed by atoms with Gasteiger partial charge in [-0.05, 0) is 19.1 Å². The van der Waals surface area contributed by atoms with E-state index in [1.807, 2.05) is 0 Å². The molecule has 2 N–H and O–H groups in total. The molecule has 1 fully saturated rings. The zero-order chi connectivity index (χ0) is 15.5. The number of hydrogen-bond acceptors (Lipinski definition) is 6. The van der Waals surface area contributed by atoms with Gasteiger partial charge in [-0.25, -0.2) is 8.42 Å². The van der Waals surface area contributed by atoms with E-state index >= 15 is 0 Å².